The van der Waals surface area contributed by atoms with Gasteiger partial charge in [-0.2, -0.15) is 13.2 Å². The highest BCUT2D eigenvalue weighted by molar-refractivity contribution is 5.82. The molecule has 4 nitrogen and oxygen atoms in total. The number of nitrogens with one attached hydrogen (secondary N) is 1. The molecule has 0 heterocycles. The molecule has 1 N–H and O–H groups in total. The molecule has 116 valence electrons. The zero-order chi connectivity index (χ0) is 15.3. The van der Waals surface area contributed by atoms with E-state index in [4.69, 9.17) is 0 Å². The van der Waals surface area contributed by atoms with Crippen molar-refractivity contribution in [3.8, 4) is 0 Å². The first-order chi connectivity index (χ1) is 9.25. The molecule has 20 heavy (non-hydrogen) atoms. The van der Waals surface area contributed by atoms with Gasteiger partial charge in [-0.1, -0.05) is 19.8 Å². The van der Waals surface area contributed by atoms with Crippen LogP contribution in [0.5, 0.6) is 0 Å². The van der Waals surface area contributed by atoms with Gasteiger partial charge in [0.1, 0.15) is 0 Å². The first kappa shape index (κ1) is 16.8. The van der Waals surface area contributed by atoms with Crippen LogP contribution in [-0.4, -0.2) is 31.2 Å². The number of rotatable bonds is 4. The molecule has 0 radical (unpaired) electrons. The van der Waals surface area contributed by atoms with Gasteiger partial charge in [0.2, 0.25) is 5.91 Å². The molecule has 1 saturated carbocycles. The van der Waals surface area contributed by atoms with Crippen molar-refractivity contribution in [2.75, 3.05) is 7.11 Å². The van der Waals surface area contributed by atoms with Gasteiger partial charge in [-0.25, -0.2) is 0 Å². The third kappa shape index (κ3) is 4.68. The van der Waals surface area contributed by atoms with E-state index >= 15 is 0 Å². The van der Waals surface area contributed by atoms with Gasteiger partial charge in [-0.05, 0) is 12.8 Å². The van der Waals surface area contributed by atoms with Crippen LogP contribution in [0.15, 0.2) is 0 Å². The normalized spacial score (nSPS) is 24.9. The second kappa shape index (κ2) is 6.95. The van der Waals surface area contributed by atoms with Crippen LogP contribution >= 0.6 is 0 Å². The highest BCUT2D eigenvalue weighted by Gasteiger charge is 2.45. The Kier molecular flexibility index (Phi) is 5.83. The number of halogens is 3. The zero-order valence-corrected chi connectivity index (χ0v) is 11.6. The smallest absolute Gasteiger partial charge is 0.393 e. The molecule has 0 aromatic rings. The molecule has 0 aromatic heterocycles. The van der Waals surface area contributed by atoms with E-state index in [0.29, 0.717) is 19.3 Å². The summed E-state index contributed by atoms with van der Waals surface area (Å²) in [5, 5.41) is 2.42. The molecule has 0 aromatic carbocycles. The maximum absolute atomic E-state index is 12.9. The Labute approximate surface area is 116 Å². The summed E-state index contributed by atoms with van der Waals surface area (Å²) in [7, 11) is 1.21. The Morgan fingerprint density at radius 2 is 1.90 bits per heavy atom. The lowest BCUT2D eigenvalue weighted by atomic mass is 9.84. The van der Waals surface area contributed by atoms with Crippen LogP contribution in [0.2, 0.25) is 0 Å². The third-order valence-electron chi connectivity index (χ3n) is 3.63. The van der Waals surface area contributed by atoms with Crippen molar-refractivity contribution in [2.45, 2.75) is 51.2 Å². The van der Waals surface area contributed by atoms with Crippen LogP contribution in [0, 0.1) is 11.8 Å². The topological polar surface area (TPSA) is 55.4 Å². The molecule has 1 aliphatic carbocycles. The third-order valence-corrected chi connectivity index (χ3v) is 3.63. The average Bonchev–Trinajstić information content (AvgIpc) is 2.36. The monoisotopic (exact) mass is 295 g/mol. The van der Waals surface area contributed by atoms with Gasteiger partial charge in [0.15, 0.2) is 0 Å². The molecule has 0 aliphatic heterocycles. The molecule has 1 rings (SSSR count). The van der Waals surface area contributed by atoms with Crippen molar-refractivity contribution in [3.63, 3.8) is 0 Å². The Balaban J connectivity index is 2.56. The fourth-order valence-corrected chi connectivity index (χ4v) is 2.52. The van der Waals surface area contributed by atoms with Gasteiger partial charge >= 0.3 is 12.1 Å². The largest absolute Gasteiger partial charge is 0.469 e. The highest BCUT2D eigenvalue weighted by Crippen LogP contribution is 2.37. The summed E-state index contributed by atoms with van der Waals surface area (Å²) in [6, 6.07) is -0.888. The van der Waals surface area contributed by atoms with E-state index < -0.39 is 35.9 Å². The van der Waals surface area contributed by atoms with Crippen LogP contribution < -0.4 is 5.32 Å². The van der Waals surface area contributed by atoms with E-state index in [9.17, 15) is 22.8 Å². The van der Waals surface area contributed by atoms with Gasteiger partial charge in [-0.3, -0.25) is 9.59 Å². The summed E-state index contributed by atoms with van der Waals surface area (Å²) in [5.41, 5.74) is 0. The molecule has 0 spiro atoms. The van der Waals surface area contributed by atoms with Crippen molar-refractivity contribution < 1.29 is 27.5 Å². The number of alkyl halides is 3. The average molecular weight is 295 g/mol. The number of carbonyl (C=O) groups is 2. The summed E-state index contributed by atoms with van der Waals surface area (Å²) in [5.74, 6) is -3.23. The van der Waals surface area contributed by atoms with Gasteiger partial charge in [0.05, 0.1) is 18.9 Å². The molecule has 0 bridgehead atoms. The highest BCUT2D eigenvalue weighted by atomic mass is 19.4. The molecule has 1 aliphatic rings. The maximum Gasteiger partial charge on any atom is 0.393 e. The first-order valence-electron chi connectivity index (χ1n) is 6.69. The fourth-order valence-electron chi connectivity index (χ4n) is 2.52. The molecular formula is C13H20F3NO3. The summed E-state index contributed by atoms with van der Waals surface area (Å²) in [4.78, 5) is 22.9. The van der Waals surface area contributed by atoms with E-state index in [0.717, 1.165) is 0 Å². The lowest BCUT2D eigenvalue weighted by Crippen LogP contribution is -2.48. The number of ether oxygens (including phenoxy) is 1. The summed E-state index contributed by atoms with van der Waals surface area (Å²) < 4.78 is 43.1. The van der Waals surface area contributed by atoms with E-state index in [1.165, 1.54) is 14.0 Å². The molecule has 0 unspecified atom stereocenters. The number of amides is 1. The fraction of sp³-hybridized carbons (Fsp3) is 0.846. The van der Waals surface area contributed by atoms with Gasteiger partial charge < -0.3 is 10.1 Å². The van der Waals surface area contributed by atoms with E-state index in [1.807, 2.05) is 0 Å². The SMILES string of the molecule is COC(=O)[C@H](C)CC(=O)N[C@@H]1CCCC[C@H]1C(F)(F)F. The number of carbonyl (C=O) groups excluding carboxylic acids is 2. The summed E-state index contributed by atoms with van der Waals surface area (Å²) in [6.45, 7) is 1.51. The zero-order valence-electron chi connectivity index (χ0n) is 11.6. The van der Waals surface area contributed by atoms with Gasteiger partial charge in [0, 0.05) is 12.5 Å². The Morgan fingerprint density at radius 1 is 1.30 bits per heavy atom. The van der Waals surface area contributed by atoms with Crippen LogP contribution in [0.3, 0.4) is 0 Å². The van der Waals surface area contributed by atoms with Crippen LogP contribution in [-0.2, 0) is 14.3 Å². The molecule has 7 heteroatoms. The summed E-state index contributed by atoms with van der Waals surface area (Å²) in [6.07, 6.45) is -2.90. The second-order valence-electron chi connectivity index (χ2n) is 5.23. The van der Waals surface area contributed by atoms with E-state index in [-0.39, 0.29) is 12.8 Å². The number of hydrogen-bond acceptors (Lipinski definition) is 3. The molecule has 1 fully saturated rings. The molecule has 1 amide bonds. The molecular weight excluding hydrogens is 275 g/mol. The van der Waals surface area contributed by atoms with Crippen LogP contribution in [0.4, 0.5) is 13.2 Å². The molecule has 3 atom stereocenters. The lowest BCUT2D eigenvalue weighted by molar-refractivity contribution is -0.189. The van der Waals surface area contributed by atoms with E-state index in [1.54, 1.807) is 0 Å². The Hall–Kier alpha value is -1.27. The summed E-state index contributed by atoms with van der Waals surface area (Å²) >= 11 is 0. The van der Waals surface area contributed by atoms with Crippen molar-refractivity contribution >= 4 is 11.9 Å². The molecule has 0 saturated heterocycles. The standard InChI is InChI=1S/C13H20F3NO3/c1-8(12(19)20-2)7-11(18)17-10-6-4-3-5-9(10)13(14,15)16/h8-10H,3-7H2,1-2H3,(H,17,18)/t8-,9-,10-/m1/s1. The minimum atomic E-state index is -4.30. The quantitative estimate of drug-likeness (QED) is 0.810. The van der Waals surface area contributed by atoms with Crippen molar-refractivity contribution in [1.29, 1.82) is 0 Å². The number of hydrogen-bond donors (Lipinski definition) is 1. The minimum Gasteiger partial charge on any atom is -0.469 e. The number of methoxy groups -OCH3 is 1. The number of esters is 1. The predicted molar refractivity (Wildman–Crippen MR) is 65.7 cm³/mol. The minimum absolute atomic E-state index is 0.0427. The van der Waals surface area contributed by atoms with Crippen LogP contribution in [0.25, 0.3) is 0 Å². The Morgan fingerprint density at radius 3 is 2.45 bits per heavy atom. The van der Waals surface area contributed by atoms with Crippen LogP contribution in [0.1, 0.15) is 39.0 Å². The lowest BCUT2D eigenvalue weighted by Gasteiger charge is -2.33. The Bertz CT molecular complexity index is 357. The van der Waals surface area contributed by atoms with Gasteiger partial charge in [-0.15, -0.1) is 0 Å². The van der Waals surface area contributed by atoms with E-state index in [2.05, 4.69) is 10.1 Å². The maximum atomic E-state index is 12.9. The van der Waals surface area contributed by atoms with Gasteiger partial charge in [0.25, 0.3) is 0 Å². The predicted octanol–water partition coefficient (Wildman–Crippen LogP) is 2.42. The van der Waals surface area contributed by atoms with Crippen molar-refractivity contribution in [2.24, 2.45) is 11.8 Å². The first-order valence-corrected chi connectivity index (χ1v) is 6.69. The van der Waals surface area contributed by atoms with Crippen molar-refractivity contribution in [3.05, 3.63) is 0 Å². The second-order valence-corrected chi connectivity index (χ2v) is 5.23. The van der Waals surface area contributed by atoms with Crippen molar-refractivity contribution in [1.82, 2.24) is 5.32 Å².